The number of thiophene rings is 1. The van der Waals surface area contributed by atoms with Crippen LogP contribution < -0.4 is 11.5 Å². The molecule has 0 radical (unpaired) electrons. The predicted octanol–water partition coefficient (Wildman–Crippen LogP) is 2.29. The molecule has 0 saturated heterocycles. The Kier molecular flexibility index (Phi) is 5.34. The fourth-order valence-electron chi connectivity index (χ4n) is 2.83. The fraction of sp³-hybridized carbons (Fsp3) is 0.438. The molecule has 0 fully saturated rings. The molecule has 0 aliphatic rings. The summed E-state index contributed by atoms with van der Waals surface area (Å²) in [5.41, 5.74) is 13.7. The van der Waals surface area contributed by atoms with Crippen LogP contribution in [0.15, 0.2) is 11.4 Å². The van der Waals surface area contributed by atoms with Crippen molar-refractivity contribution in [2.45, 2.75) is 25.8 Å². The summed E-state index contributed by atoms with van der Waals surface area (Å²) in [6.07, 6.45) is 1.50. The number of anilines is 1. The summed E-state index contributed by atoms with van der Waals surface area (Å²) in [4.78, 5) is 19.8. The summed E-state index contributed by atoms with van der Waals surface area (Å²) < 4.78 is 13.2. The summed E-state index contributed by atoms with van der Waals surface area (Å²) in [6.45, 7) is 1.64. The van der Waals surface area contributed by atoms with Gasteiger partial charge in [-0.05, 0) is 24.3 Å². The second-order valence-corrected chi connectivity index (χ2v) is 6.54. The van der Waals surface area contributed by atoms with Crippen molar-refractivity contribution in [3.05, 3.63) is 17.3 Å². The Balaban J connectivity index is 1.93. The molecule has 0 atom stereocenters. The minimum absolute atomic E-state index is 0.313. The number of imidazole rings is 1. The molecule has 4 N–H and O–H groups in total. The highest BCUT2D eigenvalue weighted by atomic mass is 32.1. The van der Waals surface area contributed by atoms with Crippen LogP contribution in [0.5, 0.6) is 0 Å². The van der Waals surface area contributed by atoms with Crippen molar-refractivity contribution >= 4 is 44.5 Å². The molecular formula is C16H21N5O3S. The number of nitrogens with zero attached hydrogens (tertiary/aromatic N) is 3. The van der Waals surface area contributed by atoms with E-state index in [1.807, 2.05) is 11.4 Å². The number of aryl methyl sites for hydroxylation is 1. The van der Waals surface area contributed by atoms with E-state index in [1.165, 1.54) is 0 Å². The van der Waals surface area contributed by atoms with Crippen LogP contribution in [0.2, 0.25) is 0 Å². The average Bonchev–Trinajstić information content (AvgIpc) is 3.17. The Hall–Kier alpha value is -2.39. The first-order valence-electron chi connectivity index (χ1n) is 8.04. The molecule has 3 aromatic rings. The number of rotatable bonds is 8. The molecule has 0 aliphatic carbocycles. The van der Waals surface area contributed by atoms with Gasteiger partial charge >= 0.3 is 6.09 Å². The molecule has 1 amide bonds. The maximum Gasteiger partial charge on any atom is 0.404 e. The zero-order valence-corrected chi connectivity index (χ0v) is 14.8. The number of aromatic nitrogens is 3. The Labute approximate surface area is 148 Å². The number of hydrogen-bond donors (Lipinski definition) is 2. The third-order valence-corrected chi connectivity index (χ3v) is 4.85. The lowest BCUT2D eigenvalue weighted by Crippen LogP contribution is -2.14. The molecule has 25 heavy (non-hydrogen) atoms. The van der Waals surface area contributed by atoms with Crippen molar-refractivity contribution in [2.75, 3.05) is 26.1 Å². The van der Waals surface area contributed by atoms with Gasteiger partial charge in [0.05, 0.1) is 28.9 Å². The van der Waals surface area contributed by atoms with E-state index in [1.54, 1.807) is 18.4 Å². The summed E-state index contributed by atoms with van der Waals surface area (Å²) in [7, 11) is 1.67. The van der Waals surface area contributed by atoms with E-state index in [4.69, 9.17) is 25.9 Å². The number of methoxy groups -OCH3 is 1. The van der Waals surface area contributed by atoms with Gasteiger partial charge in [-0.2, -0.15) is 0 Å². The van der Waals surface area contributed by atoms with Gasteiger partial charge in [-0.3, -0.25) is 0 Å². The van der Waals surface area contributed by atoms with E-state index >= 15 is 0 Å². The highest BCUT2D eigenvalue weighted by molar-refractivity contribution is 7.18. The molecule has 3 aromatic heterocycles. The Morgan fingerprint density at radius 2 is 2.16 bits per heavy atom. The van der Waals surface area contributed by atoms with E-state index in [0.717, 1.165) is 46.5 Å². The zero-order chi connectivity index (χ0) is 17.8. The quantitative estimate of drug-likeness (QED) is 0.593. The number of pyridine rings is 1. The normalized spacial score (nSPS) is 11.4. The van der Waals surface area contributed by atoms with E-state index in [2.05, 4.69) is 9.55 Å². The molecule has 0 saturated carbocycles. The number of unbranched alkanes of at least 4 members (excludes halogenated alkanes) is 1. The van der Waals surface area contributed by atoms with Gasteiger partial charge in [0.2, 0.25) is 0 Å². The van der Waals surface area contributed by atoms with Crippen molar-refractivity contribution in [1.82, 2.24) is 14.5 Å². The zero-order valence-electron chi connectivity index (χ0n) is 14.0. The van der Waals surface area contributed by atoms with E-state index in [-0.39, 0.29) is 0 Å². The van der Waals surface area contributed by atoms with Crippen molar-refractivity contribution < 1.29 is 14.3 Å². The minimum Gasteiger partial charge on any atom is -0.450 e. The smallest absolute Gasteiger partial charge is 0.404 e. The molecule has 3 heterocycles. The van der Waals surface area contributed by atoms with Gasteiger partial charge in [0.1, 0.15) is 11.3 Å². The highest BCUT2D eigenvalue weighted by Crippen LogP contribution is 2.32. The van der Waals surface area contributed by atoms with Crippen LogP contribution >= 0.6 is 11.3 Å². The predicted molar refractivity (Wildman–Crippen MR) is 97.7 cm³/mol. The lowest BCUT2D eigenvalue weighted by molar-refractivity contribution is 0.154. The second-order valence-electron chi connectivity index (χ2n) is 5.63. The van der Waals surface area contributed by atoms with E-state index < -0.39 is 6.09 Å². The van der Waals surface area contributed by atoms with Crippen LogP contribution in [0, 0.1) is 0 Å². The maximum atomic E-state index is 10.6. The van der Waals surface area contributed by atoms with Crippen molar-refractivity contribution in [1.29, 1.82) is 0 Å². The van der Waals surface area contributed by atoms with Gasteiger partial charge in [-0.15, -0.1) is 11.3 Å². The lowest BCUT2D eigenvalue weighted by atomic mass is 10.3. The van der Waals surface area contributed by atoms with Crippen LogP contribution in [-0.4, -0.2) is 41.0 Å². The Morgan fingerprint density at radius 3 is 2.92 bits per heavy atom. The second kappa shape index (κ2) is 7.66. The lowest BCUT2D eigenvalue weighted by Gasteiger charge is -2.10. The number of nitrogens with two attached hydrogens (primary N) is 2. The topological polar surface area (TPSA) is 118 Å². The number of carbonyl (C=O) groups excluding carboxylic acids is 1. The molecule has 0 spiro atoms. The molecular weight excluding hydrogens is 342 g/mol. The standard InChI is InChI=1S/C16H21N5O3S/c1-23-8-4-11-20-12-13(14-10(5-9-25-14)19-15(12)17)21(11)6-2-3-7-24-16(18)22/h5,9H,2-4,6-8H2,1H3,(H2,17,19)(H2,18,22). The van der Waals surface area contributed by atoms with Crippen LogP contribution in [-0.2, 0) is 22.4 Å². The molecule has 0 unspecified atom stereocenters. The summed E-state index contributed by atoms with van der Waals surface area (Å²) in [5.74, 6) is 1.36. The first kappa shape index (κ1) is 17.4. The summed E-state index contributed by atoms with van der Waals surface area (Å²) in [6, 6.07) is 1.96. The van der Waals surface area contributed by atoms with Gasteiger partial charge in [0.25, 0.3) is 0 Å². The average molecular weight is 363 g/mol. The van der Waals surface area contributed by atoms with E-state index in [0.29, 0.717) is 25.5 Å². The van der Waals surface area contributed by atoms with Crippen LogP contribution in [0.3, 0.4) is 0 Å². The van der Waals surface area contributed by atoms with E-state index in [9.17, 15) is 4.79 Å². The maximum absolute atomic E-state index is 10.6. The first-order chi connectivity index (χ1) is 12.1. The number of amides is 1. The monoisotopic (exact) mass is 363 g/mol. The number of carbonyl (C=O) groups is 1. The number of primary amides is 1. The Morgan fingerprint density at radius 1 is 1.32 bits per heavy atom. The van der Waals surface area contributed by atoms with Crippen LogP contribution in [0.1, 0.15) is 18.7 Å². The first-order valence-corrected chi connectivity index (χ1v) is 8.92. The van der Waals surface area contributed by atoms with Gasteiger partial charge in [-0.1, -0.05) is 0 Å². The Bertz CT molecular complexity index is 889. The van der Waals surface area contributed by atoms with Crippen LogP contribution in [0.4, 0.5) is 10.6 Å². The number of fused-ring (bicyclic) bond motifs is 3. The molecule has 134 valence electrons. The fourth-order valence-corrected chi connectivity index (χ4v) is 3.71. The third-order valence-electron chi connectivity index (χ3n) is 3.94. The van der Waals surface area contributed by atoms with Crippen molar-refractivity contribution in [3.63, 3.8) is 0 Å². The molecule has 0 aliphatic heterocycles. The summed E-state index contributed by atoms with van der Waals surface area (Å²) >= 11 is 1.63. The molecule has 0 aromatic carbocycles. The van der Waals surface area contributed by atoms with Gasteiger partial charge in [0, 0.05) is 20.1 Å². The van der Waals surface area contributed by atoms with Crippen molar-refractivity contribution in [2.24, 2.45) is 5.73 Å². The third kappa shape index (κ3) is 3.67. The van der Waals surface area contributed by atoms with Gasteiger partial charge in [-0.25, -0.2) is 14.8 Å². The van der Waals surface area contributed by atoms with Gasteiger partial charge in [0.15, 0.2) is 5.82 Å². The highest BCUT2D eigenvalue weighted by Gasteiger charge is 2.17. The molecule has 0 bridgehead atoms. The van der Waals surface area contributed by atoms with Crippen molar-refractivity contribution in [3.8, 4) is 0 Å². The van der Waals surface area contributed by atoms with Gasteiger partial charge < -0.3 is 25.5 Å². The molecule has 9 heteroatoms. The number of hydrogen-bond acceptors (Lipinski definition) is 7. The minimum atomic E-state index is -0.743. The molecule has 8 nitrogen and oxygen atoms in total. The SMILES string of the molecule is COCCc1nc2c(N)nc3ccsc3c2n1CCCCOC(N)=O. The summed E-state index contributed by atoms with van der Waals surface area (Å²) in [5, 5.41) is 2.00. The molecule has 3 rings (SSSR count). The number of ether oxygens (including phenoxy) is 2. The number of nitrogen functional groups attached to an aromatic ring is 1. The largest absolute Gasteiger partial charge is 0.450 e. The van der Waals surface area contributed by atoms with Crippen LogP contribution in [0.25, 0.3) is 21.3 Å².